The summed E-state index contributed by atoms with van der Waals surface area (Å²) in [6, 6.07) is 45.0. The van der Waals surface area contributed by atoms with Crippen LogP contribution in [0.4, 0.5) is 0 Å². The fourth-order valence-corrected chi connectivity index (χ4v) is 25.1. The maximum atomic E-state index is 2.36. The molecule has 4 aromatic carbocycles. The standard InChI is InChI=1S/C25H22Ge2/c1-5-13-22(14-6-1)26(23-15-7-2-8-16-23)21-27(24-17-9-3-10-18-24)25-19-11-4-12-20-25/h1-20H,21H2. The molecule has 0 atom stereocenters. The van der Waals surface area contributed by atoms with Gasteiger partial charge in [0.05, 0.1) is 0 Å². The van der Waals surface area contributed by atoms with Gasteiger partial charge in [-0.15, -0.1) is 0 Å². The van der Waals surface area contributed by atoms with Crippen molar-refractivity contribution in [3.63, 3.8) is 0 Å². The third-order valence-electron chi connectivity index (χ3n) is 4.84. The molecule has 0 saturated heterocycles. The zero-order valence-corrected chi connectivity index (χ0v) is 19.5. The van der Waals surface area contributed by atoms with E-state index in [2.05, 4.69) is 121 Å². The van der Waals surface area contributed by atoms with Gasteiger partial charge in [0.25, 0.3) is 0 Å². The van der Waals surface area contributed by atoms with Gasteiger partial charge in [0.1, 0.15) is 0 Å². The molecule has 4 rings (SSSR count). The summed E-state index contributed by atoms with van der Waals surface area (Å²) in [5.74, 6) is 0. The zero-order valence-electron chi connectivity index (χ0n) is 15.3. The van der Waals surface area contributed by atoms with Crippen LogP contribution in [0.25, 0.3) is 0 Å². The summed E-state index contributed by atoms with van der Waals surface area (Å²) in [5.41, 5.74) is 0. The maximum absolute atomic E-state index is 2.36. The van der Waals surface area contributed by atoms with Gasteiger partial charge in [-0.2, -0.15) is 0 Å². The Kier molecular flexibility index (Phi) is 6.28. The van der Waals surface area contributed by atoms with Gasteiger partial charge < -0.3 is 0 Å². The summed E-state index contributed by atoms with van der Waals surface area (Å²) in [5, 5.41) is 0. The molecule has 2 radical (unpaired) electrons. The Morgan fingerprint density at radius 3 is 0.778 bits per heavy atom. The van der Waals surface area contributed by atoms with Gasteiger partial charge in [0.15, 0.2) is 0 Å². The fourth-order valence-electron chi connectivity index (χ4n) is 3.48. The average Bonchev–Trinajstić information content (AvgIpc) is 2.77. The van der Waals surface area contributed by atoms with Crippen LogP contribution in [-0.2, 0) is 0 Å². The van der Waals surface area contributed by atoms with E-state index in [1.54, 1.807) is 17.6 Å². The van der Waals surface area contributed by atoms with Gasteiger partial charge in [-0.1, -0.05) is 0 Å². The Hall–Kier alpha value is -2.03. The second-order valence-corrected chi connectivity index (χ2v) is 20.1. The normalized spacial score (nSPS) is 11.0. The van der Waals surface area contributed by atoms with E-state index in [9.17, 15) is 0 Å². The molecule has 0 amide bonds. The topological polar surface area (TPSA) is 0 Å². The summed E-state index contributed by atoms with van der Waals surface area (Å²) in [4.78, 5) is 0. The Bertz CT molecular complexity index is 778. The second-order valence-electron chi connectivity index (χ2n) is 6.60. The van der Waals surface area contributed by atoms with Gasteiger partial charge in [0.2, 0.25) is 0 Å². The van der Waals surface area contributed by atoms with Crippen LogP contribution in [0, 0.1) is 0 Å². The molecule has 0 fully saturated rings. The predicted molar refractivity (Wildman–Crippen MR) is 121 cm³/mol. The third kappa shape index (κ3) is 4.63. The van der Waals surface area contributed by atoms with Gasteiger partial charge in [-0.05, 0) is 0 Å². The molecule has 0 aliphatic heterocycles. The molecule has 0 bridgehead atoms. The summed E-state index contributed by atoms with van der Waals surface area (Å²) in [6.45, 7) is 0. The molecule has 27 heavy (non-hydrogen) atoms. The molecular weight excluding hydrogens is 445 g/mol. The van der Waals surface area contributed by atoms with Crippen molar-refractivity contribution in [3.8, 4) is 0 Å². The van der Waals surface area contributed by atoms with E-state index in [1.165, 1.54) is 4.09 Å². The van der Waals surface area contributed by atoms with Crippen LogP contribution < -0.4 is 17.6 Å². The number of hydrogen-bond donors (Lipinski definition) is 0. The summed E-state index contributed by atoms with van der Waals surface area (Å²) in [6.07, 6.45) is 0. The molecule has 0 nitrogen and oxygen atoms in total. The van der Waals surface area contributed by atoms with Crippen LogP contribution in [-0.4, -0.2) is 28.7 Å². The van der Waals surface area contributed by atoms with Crippen molar-refractivity contribution in [3.05, 3.63) is 121 Å². The molecule has 0 heterocycles. The van der Waals surface area contributed by atoms with Crippen molar-refractivity contribution in [1.29, 1.82) is 0 Å². The van der Waals surface area contributed by atoms with Crippen LogP contribution in [0.3, 0.4) is 0 Å². The molecule has 0 aliphatic carbocycles. The Labute approximate surface area is 171 Å². The molecule has 4 aromatic rings. The molecule has 0 N–H and O–H groups in total. The van der Waals surface area contributed by atoms with Crippen LogP contribution >= 0.6 is 0 Å². The first-order valence-corrected chi connectivity index (χ1v) is 16.5. The third-order valence-corrected chi connectivity index (χ3v) is 22.7. The monoisotopic (exact) mass is 470 g/mol. The van der Waals surface area contributed by atoms with E-state index in [1.807, 2.05) is 0 Å². The van der Waals surface area contributed by atoms with E-state index in [0.717, 1.165) is 0 Å². The first kappa shape index (κ1) is 18.3. The van der Waals surface area contributed by atoms with Crippen LogP contribution in [0.5, 0.6) is 0 Å². The average molecular weight is 468 g/mol. The van der Waals surface area contributed by atoms with Crippen LogP contribution in [0.15, 0.2) is 121 Å². The summed E-state index contributed by atoms with van der Waals surface area (Å²) < 4.78 is 7.71. The van der Waals surface area contributed by atoms with E-state index >= 15 is 0 Å². The van der Waals surface area contributed by atoms with Crippen molar-refractivity contribution in [2.45, 2.75) is 4.09 Å². The van der Waals surface area contributed by atoms with Gasteiger partial charge in [-0.25, -0.2) is 0 Å². The zero-order chi connectivity index (χ0) is 18.3. The molecule has 0 aromatic heterocycles. The molecule has 130 valence electrons. The predicted octanol–water partition coefficient (Wildman–Crippen LogP) is 3.14. The molecule has 0 saturated carbocycles. The first-order valence-electron chi connectivity index (χ1n) is 9.35. The molecule has 2 heteroatoms. The Morgan fingerprint density at radius 2 is 0.556 bits per heavy atom. The van der Waals surface area contributed by atoms with Crippen molar-refractivity contribution < 1.29 is 0 Å². The fraction of sp³-hybridized carbons (Fsp3) is 0.0400. The number of hydrogen-bond acceptors (Lipinski definition) is 0. The Balaban J connectivity index is 1.77. The van der Waals surface area contributed by atoms with E-state index in [-0.39, 0.29) is 0 Å². The van der Waals surface area contributed by atoms with Gasteiger partial charge >= 0.3 is 172 Å². The number of benzene rings is 4. The van der Waals surface area contributed by atoms with E-state index in [0.29, 0.717) is 0 Å². The van der Waals surface area contributed by atoms with E-state index in [4.69, 9.17) is 0 Å². The molecule has 0 aliphatic rings. The summed E-state index contributed by atoms with van der Waals surface area (Å²) >= 11 is -3.23. The van der Waals surface area contributed by atoms with Crippen LogP contribution in [0.1, 0.15) is 0 Å². The Morgan fingerprint density at radius 1 is 0.333 bits per heavy atom. The molecule has 0 unspecified atom stereocenters. The van der Waals surface area contributed by atoms with Gasteiger partial charge in [-0.3, -0.25) is 0 Å². The number of rotatable bonds is 6. The summed E-state index contributed by atoms with van der Waals surface area (Å²) in [7, 11) is 0. The van der Waals surface area contributed by atoms with Crippen molar-refractivity contribution in [2.24, 2.45) is 0 Å². The molecular formula is C25H22Ge2. The van der Waals surface area contributed by atoms with Gasteiger partial charge in [0, 0.05) is 0 Å². The van der Waals surface area contributed by atoms with Crippen molar-refractivity contribution >= 4 is 46.3 Å². The quantitative estimate of drug-likeness (QED) is 0.382. The molecule has 0 spiro atoms. The van der Waals surface area contributed by atoms with Crippen molar-refractivity contribution in [2.75, 3.05) is 0 Å². The van der Waals surface area contributed by atoms with E-state index < -0.39 is 28.7 Å². The second kappa shape index (κ2) is 9.25. The SMILES string of the molecule is c1cc[c]([Ge]([CH2][Ge]([c]2ccccc2)[c]2ccccc2)[c]2ccccc2)cc1. The minimum atomic E-state index is -1.62. The first-order chi connectivity index (χ1) is 13.4. The van der Waals surface area contributed by atoms with Crippen LogP contribution in [0.2, 0.25) is 4.09 Å². The van der Waals surface area contributed by atoms with Crippen molar-refractivity contribution in [1.82, 2.24) is 0 Å². The minimum absolute atomic E-state index is 1.38.